The topological polar surface area (TPSA) is 56.5 Å². The number of hydrogen-bond acceptors (Lipinski definition) is 4. The fourth-order valence-electron chi connectivity index (χ4n) is 2.76. The monoisotopic (exact) mass is 244 g/mol. The Bertz CT molecular complexity index is 225. The second-order valence-electron chi connectivity index (χ2n) is 5.70. The van der Waals surface area contributed by atoms with E-state index >= 15 is 0 Å². The summed E-state index contributed by atoms with van der Waals surface area (Å²) in [6.07, 6.45) is 6.63. The quantitative estimate of drug-likeness (QED) is 0.531. The Kier molecular flexibility index (Phi) is 5.38. The maximum Gasteiger partial charge on any atom is 0.0844 e. The van der Waals surface area contributed by atoms with Crippen molar-refractivity contribution in [2.45, 2.75) is 69.6 Å². The molecule has 4 heteroatoms. The predicted octanol–water partition coefficient (Wildman–Crippen LogP) is 1.98. The van der Waals surface area contributed by atoms with Gasteiger partial charge in [-0.15, -0.1) is 0 Å². The lowest BCUT2D eigenvalue weighted by Gasteiger charge is -2.37. The van der Waals surface area contributed by atoms with Gasteiger partial charge in [0.25, 0.3) is 0 Å². The van der Waals surface area contributed by atoms with Gasteiger partial charge in [0.05, 0.1) is 17.2 Å². The molecule has 0 spiro atoms. The zero-order valence-electron chi connectivity index (χ0n) is 11.7. The van der Waals surface area contributed by atoms with Gasteiger partial charge in [-0.25, -0.2) is 0 Å². The third kappa shape index (κ3) is 3.65. The van der Waals surface area contributed by atoms with Crippen LogP contribution in [0.3, 0.4) is 0 Å². The van der Waals surface area contributed by atoms with E-state index in [4.69, 9.17) is 15.3 Å². The number of nitrogens with two attached hydrogens (primary N) is 1. The molecule has 0 bridgehead atoms. The molecular weight excluding hydrogens is 216 g/mol. The van der Waals surface area contributed by atoms with Crippen LogP contribution in [-0.4, -0.2) is 31.5 Å². The first-order chi connectivity index (χ1) is 7.99. The van der Waals surface area contributed by atoms with E-state index in [1.165, 1.54) is 12.8 Å². The van der Waals surface area contributed by atoms with Crippen LogP contribution in [0.1, 0.15) is 52.4 Å². The molecule has 102 valence electrons. The van der Waals surface area contributed by atoms with Gasteiger partial charge in [-0.2, -0.15) is 0 Å². The van der Waals surface area contributed by atoms with Crippen LogP contribution < -0.4 is 11.3 Å². The summed E-state index contributed by atoms with van der Waals surface area (Å²) in [5, 5.41) is 0. The fraction of sp³-hybridized carbons (Fsp3) is 1.00. The Balaban J connectivity index is 2.58. The molecule has 1 unspecified atom stereocenters. The lowest BCUT2D eigenvalue weighted by Crippen LogP contribution is -2.53. The Morgan fingerprint density at radius 1 is 1.29 bits per heavy atom. The highest BCUT2D eigenvalue weighted by Gasteiger charge is 2.41. The number of methoxy groups -OCH3 is 2. The SMILES string of the molecule is COC(C)(C)CCC(NN)C1(OC)CCCC1. The van der Waals surface area contributed by atoms with Crippen LogP contribution in [0.4, 0.5) is 0 Å². The van der Waals surface area contributed by atoms with Crippen molar-refractivity contribution in [3.05, 3.63) is 0 Å². The fourth-order valence-corrected chi connectivity index (χ4v) is 2.76. The van der Waals surface area contributed by atoms with Crippen LogP contribution in [0.25, 0.3) is 0 Å². The average Bonchev–Trinajstić information content (AvgIpc) is 2.80. The van der Waals surface area contributed by atoms with Crippen molar-refractivity contribution in [2.24, 2.45) is 5.84 Å². The van der Waals surface area contributed by atoms with Crippen LogP contribution in [0.2, 0.25) is 0 Å². The van der Waals surface area contributed by atoms with E-state index in [9.17, 15) is 0 Å². The van der Waals surface area contributed by atoms with Gasteiger partial charge >= 0.3 is 0 Å². The molecule has 1 aliphatic rings. The summed E-state index contributed by atoms with van der Waals surface area (Å²) < 4.78 is 11.2. The van der Waals surface area contributed by atoms with E-state index in [0.29, 0.717) is 0 Å². The van der Waals surface area contributed by atoms with Crippen LogP contribution in [0.5, 0.6) is 0 Å². The van der Waals surface area contributed by atoms with E-state index in [1.807, 2.05) is 0 Å². The summed E-state index contributed by atoms with van der Waals surface area (Å²) in [5.41, 5.74) is 2.79. The van der Waals surface area contributed by atoms with Gasteiger partial charge in [-0.3, -0.25) is 11.3 Å². The van der Waals surface area contributed by atoms with Crippen molar-refractivity contribution < 1.29 is 9.47 Å². The molecule has 1 fully saturated rings. The second-order valence-corrected chi connectivity index (χ2v) is 5.70. The molecule has 0 aromatic rings. The zero-order chi connectivity index (χ0) is 12.9. The Labute approximate surface area is 105 Å². The minimum atomic E-state index is -0.0946. The second kappa shape index (κ2) is 6.14. The Hall–Kier alpha value is -0.160. The molecule has 0 heterocycles. The van der Waals surface area contributed by atoms with Crippen LogP contribution in [0, 0.1) is 0 Å². The number of rotatable bonds is 7. The third-order valence-corrected chi connectivity index (χ3v) is 4.28. The smallest absolute Gasteiger partial charge is 0.0844 e. The van der Waals surface area contributed by atoms with Crippen molar-refractivity contribution in [1.82, 2.24) is 5.43 Å². The molecule has 1 rings (SSSR count). The summed E-state index contributed by atoms with van der Waals surface area (Å²) in [5.74, 6) is 5.71. The first-order valence-corrected chi connectivity index (χ1v) is 6.56. The van der Waals surface area contributed by atoms with E-state index in [0.717, 1.165) is 25.7 Å². The first kappa shape index (κ1) is 14.9. The predicted molar refractivity (Wildman–Crippen MR) is 69.6 cm³/mol. The Morgan fingerprint density at radius 2 is 1.88 bits per heavy atom. The minimum Gasteiger partial charge on any atom is -0.379 e. The van der Waals surface area contributed by atoms with E-state index in [-0.39, 0.29) is 17.2 Å². The summed E-state index contributed by atoms with van der Waals surface area (Å²) in [7, 11) is 3.56. The van der Waals surface area contributed by atoms with Gasteiger partial charge in [0.1, 0.15) is 0 Å². The Morgan fingerprint density at radius 3 is 2.29 bits per heavy atom. The van der Waals surface area contributed by atoms with Crippen molar-refractivity contribution >= 4 is 0 Å². The summed E-state index contributed by atoms with van der Waals surface area (Å²) in [6.45, 7) is 4.21. The molecular formula is C13H28N2O2. The van der Waals surface area contributed by atoms with Crippen molar-refractivity contribution in [3.8, 4) is 0 Å². The minimum absolute atomic E-state index is 0.0709. The van der Waals surface area contributed by atoms with E-state index in [1.54, 1.807) is 14.2 Å². The number of nitrogens with one attached hydrogen (secondary N) is 1. The van der Waals surface area contributed by atoms with Crippen LogP contribution in [-0.2, 0) is 9.47 Å². The van der Waals surface area contributed by atoms with E-state index < -0.39 is 0 Å². The normalized spacial score (nSPS) is 21.7. The highest BCUT2D eigenvalue weighted by Crippen LogP contribution is 2.37. The van der Waals surface area contributed by atoms with Gasteiger partial charge in [-0.05, 0) is 39.5 Å². The summed E-state index contributed by atoms with van der Waals surface area (Å²) in [4.78, 5) is 0. The molecule has 4 nitrogen and oxygen atoms in total. The van der Waals surface area contributed by atoms with Gasteiger partial charge in [0.15, 0.2) is 0 Å². The summed E-state index contributed by atoms with van der Waals surface area (Å²) in [6, 6.07) is 0.212. The van der Waals surface area contributed by atoms with Gasteiger partial charge in [0.2, 0.25) is 0 Å². The largest absolute Gasteiger partial charge is 0.379 e. The highest BCUT2D eigenvalue weighted by molar-refractivity contribution is 4.96. The molecule has 17 heavy (non-hydrogen) atoms. The maximum absolute atomic E-state index is 5.77. The molecule has 1 atom stereocenters. The molecule has 0 amide bonds. The molecule has 0 saturated heterocycles. The summed E-state index contributed by atoms with van der Waals surface area (Å²) >= 11 is 0. The lowest BCUT2D eigenvalue weighted by molar-refractivity contribution is -0.0484. The standard InChI is InChI=1S/C13H28N2O2/c1-12(2,16-3)10-7-11(15-14)13(17-4)8-5-6-9-13/h11,15H,5-10,14H2,1-4H3. The molecule has 0 aliphatic heterocycles. The maximum atomic E-state index is 5.77. The van der Waals surface area contributed by atoms with Crippen molar-refractivity contribution in [2.75, 3.05) is 14.2 Å². The molecule has 0 aromatic heterocycles. The highest BCUT2D eigenvalue weighted by atomic mass is 16.5. The van der Waals surface area contributed by atoms with Crippen LogP contribution >= 0.6 is 0 Å². The van der Waals surface area contributed by atoms with Gasteiger partial charge in [-0.1, -0.05) is 12.8 Å². The molecule has 3 N–H and O–H groups in total. The third-order valence-electron chi connectivity index (χ3n) is 4.28. The molecule has 0 aromatic carbocycles. The molecule has 1 saturated carbocycles. The van der Waals surface area contributed by atoms with E-state index in [2.05, 4.69) is 19.3 Å². The average molecular weight is 244 g/mol. The van der Waals surface area contributed by atoms with Crippen LogP contribution in [0.15, 0.2) is 0 Å². The molecule has 0 radical (unpaired) electrons. The molecule has 1 aliphatic carbocycles. The van der Waals surface area contributed by atoms with Gasteiger partial charge in [0, 0.05) is 14.2 Å². The number of ether oxygens (including phenoxy) is 2. The first-order valence-electron chi connectivity index (χ1n) is 6.56. The number of hydrazine groups is 1. The van der Waals surface area contributed by atoms with Gasteiger partial charge < -0.3 is 9.47 Å². The van der Waals surface area contributed by atoms with Crippen molar-refractivity contribution in [3.63, 3.8) is 0 Å². The zero-order valence-corrected chi connectivity index (χ0v) is 11.7. The van der Waals surface area contributed by atoms with Crippen molar-refractivity contribution in [1.29, 1.82) is 0 Å². The lowest BCUT2D eigenvalue weighted by atomic mass is 9.86. The number of hydrogen-bond donors (Lipinski definition) is 2.